The maximum atomic E-state index is 13.3. The molecule has 1 heterocycles. The summed E-state index contributed by atoms with van der Waals surface area (Å²) in [6, 6.07) is 4.00. The summed E-state index contributed by atoms with van der Waals surface area (Å²) < 4.78 is 18.5. The Morgan fingerprint density at radius 3 is 3.05 bits per heavy atom. The van der Waals surface area contributed by atoms with Gasteiger partial charge in [-0.15, -0.1) is 0 Å². The molecule has 1 unspecified atom stereocenters. The van der Waals surface area contributed by atoms with E-state index in [1.165, 1.54) is 25.3 Å². The third-order valence-corrected chi connectivity index (χ3v) is 3.97. The second kappa shape index (κ2) is 7.52. The normalized spacial score (nSPS) is 19.5. The number of rotatable bonds is 6. The first-order valence-corrected chi connectivity index (χ1v) is 7.34. The molecule has 1 N–H and O–H groups in total. The second-order valence-electron chi connectivity index (χ2n) is 5.52. The van der Waals surface area contributed by atoms with Crippen LogP contribution in [0.25, 0.3) is 0 Å². The van der Waals surface area contributed by atoms with Crippen LogP contribution in [0.5, 0.6) is 5.75 Å². The van der Waals surface area contributed by atoms with Crippen LogP contribution in [-0.4, -0.2) is 49.1 Å². The van der Waals surface area contributed by atoms with E-state index in [1.54, 1.807) is 0 Å². The number of hydrogen-bond donors (Lipinski definition) is 1. The number of Topliss-reactive ketones (excluding diaryl/α,β-unsaturated/α-hetero) is 1. The van der Waals surface area contributed by atoms with E-state index in [1.807, 2.05) is 0 Å². The van der Waals surface area contributed by atoms with E-state index in [9.17, 15) is 9.18 Å². The predicted octanol–water partition coefficient (Wildman–Crippen LogP) is 2.11. The van der Waals surface area contributed by atoms with Gasteiger partial charge in [0.2, 0.25) is 0 Å². The van der Waals surface area contributed by atoms with Crippen LogP contribution in [0.4, 0.5) is 4.39 Å². The highest BCUT2D eigenvalue weighted by Crippen LogP contribution is 2.23. The van der Waals surface area contributed by atoms with Gasteiger partial charge in [-0.3, -0.25) is 9.69 Å². The van der Waals surface area contributed by atoms with Crippen molar-refractivity contribution in [3.63, 3.8) is 0 Å². The molecule has 0 amide bonds. The van der Waals surface area contributed by atoms with E-state index in [-0.39, 0.29) is 18.9 Å². The van der Waals surface area contributed by atoms with E-state index < -0.39 is 5.82 Å². The van der Waals surface area contributed by atoms with Gasteiger partial charge in [0, 0.05) is 13.2 Å². The molecule has 1 aliphatic rings. The number of likely N-dealkylation sites (tertiary alicyclic amines) is 1. The van der Waals surface area contributed by atoms with Crippen molar-refractivity contribution in [2.45, 2.75) is 19.3 Å². The van der Waals surface area contributed by atoms with E-state index in [0.717, 1.165) is 32.4 Å². The highest BCUT2D eigenvalue weighted by atomic mass is 19.1. The zero-order valence-electron chi connectivity index (χ0n) is 12.3. The largest absolute Gasteiger partial charge is 0.496 e. The van der Waals surface area contributed by atoms with Crippen molar-refractivity contribution in [3.05, 3.63) is 29.6 Å². The Bertz CT molecular complexity index is 490. The number of aliphatic hydroxyl groups is 1. The first-order valence-electron chi connectivity index (χ1n) is 7.34. The minimum atomic E-state index is -0.434. The summed E-state index contributed by atoms with van der Waals surface area (Å²) in [5, 5.41) is 9.02. The van der Waals surface area contributed by atoms with E-state index >= 15 is 0 Å². The summed E-state index contributed by atoms with van der Waals surface area (Å²) in [7, 11) is 1.47. The number of piperidine rings is 1. The van der Waals surface area contributed by atoms with Crippen LogP contribution in [-0.2, 0) is 0 Å². The molecule has 1 atom stereocenters. The molecule has 2 rings (SSSR count). The molecule has 0 aromatic heterocycles. The van der Waals surface area contributed by atoms with Gasteiger partial charge in [0.25, 0.3) is 0 Å². The van der Waals surface area contributed by atoms with Crippen LogP contribution >= 0.6 is 0 Å². The summed E-state index contributed by atoms with van der Waals surface area (Å²) >= 11 is 0. The summed E-state index contributed by atoms with van der Waals surface area (Å²) in [5.74, 6) is 0.281. The quantitative estimate of drug-likeness (QED) is 0.817. The van der Waals surface area contributed by atoms with Gasteiger partial charge in [0.15, 0.2) is 5.78 Å². The molecule has 0 aliphatic carbocycles. The van der Waals surface area contributed by atoms with Crippen LogP contribution in [0.3, 0.4) is 0 Å². The van der Waals surface area contributed by atoms with Gasteiger partial charge in [-0.2, -0.15) is 0 Å². The van der Waals surface area contributed by atoms with Gasteiger partial charge in [-0.25, -0.2) is 4.39 Å². The number of nitrogens with zero attached hydrogens (tertiary/aromatic N) is 1. The number of ketones is 1. The van der Waals surface area contributed by atoms with Crippen molar-refractivity contribution in [1.82, 2.24) is 4.90 Å². The minimum Gasteiger partial charge on any atom is -0.496 e. The molecular weight excluding hydrogens is 273 g/mol. The molecule has 1 aliphatic heterocycles. The number of carbonyl (C=O) groups excluding carboxylic acids is 1. The van der Waals surface area contributed by atoms with Crippen molar-refractivity contribution < 1.29 is 19.0 Å². The Kier molecular flexibility index (Phi) is 5.70. The van der Waals surface area contributed by atoms with Crippen molar-refractivity contribution >= 4 is 5.78 Å². The Hall–Kier alpha value is -1.46. The number of hydrogen-bond acceptors (Lipinski definition) is 4. The predicted molar refractivity (Wildman–Crippen MR) is 78.1 cm³/mol. The Morgan fingerprint density at radius 2 is 2.33 bits per heavy atom. The average Bonchev–Trinajstić information content (AvgIpc) is 2.48. The van der Waals surface area contributed by atoms with E-state index in [2.05, 4.69) is 4.90 Å². The smallest absolute Gasteiger partial charge is 0.180 e. The maximum absolute atomic E-state index is 13.3. The SMILES string of the molecule is COc1ccc(F)cc1C(=O)CN1CCCC(CCO)C1. The molecule has 1 aromatic carbocycles. The van der Waals surface area contributed by atoms with E-state index in [0.29, 0.717) is 17.2 Å². The van der Waals surface area contributed by atoms with Crippen LogP contribution in [0.15, 0.2) is 18.2 Å². The zero-order chi connectivity index (χ0) is 15.2. The van der Waals surface area contributed by atoms with Crippen LogP contribution in [0, 0.1) is 11.7 Å². The lowest BCUT2D eigenvalue weighted by Gasteiger charge is -2.32. The summed E-state index contributed by atoms with van der Waals surface area (Å²) in [5.41, 5.74) is 0.293. The number of methoxy groups -OCH3 is 1. The van der Waals surface area contributed by atoms with E-state index in [4.69, 9.17) is 9.84 Å². The molecule has 1 saturated heterocycles. The number of benzene rings is 1. The third kappa shape index (κ3) is 4.25. The highest BCUT2D eigenvalue weighted by molar-refractivity contribution is 6.00. The molecule has 1 aromatic rings. The van der Waals surface area contributed by atoms with Crippen molar-refractivity contribution in [2.24, 2.45) is 5.92 Å². The molecule has 0 saturated carbocycles. The minimum absolute atomic E-state index is 0.129. The van der Waals surface area contributed by atoms with Gasteiger partial charge in [0.1, 0.15) is 11.6 Å². The van der Waals surface area contributed by atoms with Crippen molar-refractivity contribution in [1.29, 1.82) is 0 Å². The fourth-order valence-corrected chi connectivity index (χ4v) is 2.90. The van der Waals surface area contributed by atoms with Crippen molar-refractivity contribution in [3.8, 4) is 5.75 Å². The van der Waals surface area contributed by atoms with Crippen LogP contribution < -0.4 is 4.74 Å². The van der Waals surface area contributed by atoms with Gasteiger partial charge in [-0.05, 0) is 49.9 Å². The van der Waals surface area contributed by atoms with Gasteiger partial charge >= 0.3 is 0 Å². The molecule has 0 spiro atoms. The summed E-state index contributed by atoms with van der Waals surface area (Å²) in [6.45, 7) is 2.13. The summed E-state index contributed by atoms with van der Waals surface area (Å²) in [4.78, 5) is 14.5. The second-order valence-corrected chi connectivity index (χ2v) is 5.52. The standard InChI is InChI=1S/C16H22FNO3/c1-21-16-5-4-13(17)9-14(16)15(20)11-18-7-2-3-12(10-18)6-8-19/h4-5,9,12,19H,2-3,6-8,10-11H2,1H3. The summed E-state index contributed by atoms with van der Waals surface area (Å²) in [6.07, 6.45) is 2.89. The Balaban J connectivity index is 2.02. The monoisotopic (exact) mass is 295 g/mol. The Labute approximate surface area is 124 Å². The lowest BCUT2D eigenvalue weighted by atomic mass is 9.95. The average molecular weight is 295 g/mol. The van der Waals surface area contributed by atoms with Gasteiger partial charge in [-0.1, -0.05) is 0 Å². The molecule has 4 nitrogen and oxygen atoms in total. The molecule has 5 heteroatoms. The number of ether oxygens (including phenoxy) is 1. The first kappa shape index (κ1) is 15.9. The van der Waals surface area contributed by atoms with Gasteiger partial charge in [0.05, 0.1) is 19.2 Å². The number of halogens is 1. The molecule has 21 heavy (non-hydrogen) atoms. The number of carbonyl (C=O) groups is 1. The molecular formula is C16H22FNO3. The fraction of sp³-hybridized carbons (Fsp3) is 0.562. The van der Waals surface area contributed by atoms with Gasteiger partial charge < -0.3 is 9.84 Å². The molecule has 0 bridgehead atoms. The maximum Gasteiger partial charge on any atom is 0.180 e. The fourth-order valence-electron chi connectivity index (χ4n) is 2.90. The zero-order valence-corrected chi connectivity index (χ0v) is 12.3. The molecule has 1 fully saturated rings. The highest BCUT2D eigenvalue weighted by Gasteiger charge is 2.23. The molecule has 116 valence electrons. The molecule has 0 radical (unpaired) electrons. The Morgan fingerprint density at radius 1 is 1.52 bits per heavy atom. The first-order chi connectivity index (χ1) is 10.1. The van der Waals surface area contributed by atoms with Crippen LogP contribution in [0.2, 0.25) is 0 Å². The topological polar surface area (TPSA) is 49.8 Å². The lowest BCUT2D eigenvalue weighted by molar-refractivity contribution is 0.0868. The lowest BCUT2D eigenvalue weighted by Crippen LogP contribution is -2.39. The van der Waals surface area contributed by atoms with Crippen LogP contribution in [0.1, 0.15) is 29.6 Å². The number of aliphatic hydroxyl groups excluding tert-OH is 1. The third-order valence-electron chi connectivity index (χ3n) is 3.97. The van der Waals surface area contributed by atoms with Crippen molar-refractivity contribution in [2.75, 3.05) is 33.4 Å².